The highest BCUT2D eigenvalue weighted by molar-refractivity contribution is 7.87. The molecule has 0 atom stereocenters. The van der Waals surface area contributed by atoms with Gasteiger partial charge in [-0.3, -0.25) is 4.98 Å². The maximum atomic E-state index is 12.1. The number of thiophene rings is 1. The van der Waals surface area contributed by atoms with E-state index in [0.717, 1.165) is 29.0 Å². The lowest BCUT2D eigenvalue weighted by atomic mass is 10.2. The number of rotatable bonds is 5. The Morgan fingerprint density at radius 3 is 2.81 bits per heavy atom. The lowest BCUT2D eigenvalue weighted by Crippen LogP contribution is -2.38. The van der Waals surface area contributed by atoms with Crippen molar-refractivity contribution in [1.29, 1.82) is 0 Å². The van der Waals surface area contributed by atoms with Gasteiger partial charge in [0.25, 0.3) is 10.2 Å². The zero-order chi connectivity index (χ0) is 14.7. The average molecular weight is 323 g/mol. The molecule has 0 unspecified atom stereocenters. The van der Waals surface area contributed by atoms with Gasteiger partial charge in [-0.05, 0) is 42.0 Å². The van der Waals surface area contributed by atoms with E-state index in [-0.39, 0.29) is 0 Å². The predicted molar refractivity (Wildman–Crippen MR) is 84.1 cm³/mol. The van der Waals surface area contributed by atoms with Crippen LogP contribution in [0.3, 0.4) is 0 Å². The monoisotopic (exact) mass is 323 g/mol. The van der Waals surface area contributed by atoms with Gasteiger partial charge in [-0.15, -0.1) is 11.3 Å². The number of nitrogens with zero attached hydrogens (tertiary/aromatic N) is 2. The summed E-state index contributed by atoms with van der Waals surface area (Å²) < 4.78 is 28.4. The van der Waals surface area contributed by atoms with Crippen LogP contribution >= 0.6 is 11.3 Å². The summed E-state index contributed by atoms with van der Waals surface area (Å²) in [6.07, 6.45) is 3.60. The molecule has 21 heavy (non-hydrogen) atoms. The van der Waals surface area contributed by atoms with Crippen molar-refractivity contribution in [2.24, 2.45) is 0 Å². The normalized spacial score (nSPS) is 16.4. The second-order valence-corrected chi connectivity index (χ2v) is 7.66. The minimum Gasteiger partial charge on any atom is -0.255 e. The largest absolute Gasteiger partial charge is 0.279 e. The second kappa shape index (κ2) is 6.23. The topological polar surface area (TPSA) is 62.3 Å². The van der Waals surface area contributed by atoms with E-state index in [1.165, 1.54) is 4.31 Å². The number of hydrogen-bond donors (Lipinski definition) is 1. The summed E-state index contributed by atoms with van der Waals surface area (Å²) in [4.78, 5) is 5.41. The molecule has 1 aliphatic heterocycles. The van der Waals surface area contributed by atoms with Crippen molar-refractivity contribution < 1.29 is 8.42 Å². The Kier molecular flexibility index (Phi) is 4.34. The Morgan fingerprint density at radius 1 is 1.29 bits per heavy atom. The van der Waals surface area contributed by atoms with Crippen molar-refractivity contribution in [2.75, 3.05) is 13.1 Å². The van der Waals surface area contributed by atoms with E-state index in [4.69, 9.17) is 0 Å². The first-order valence-corrected chi connectivity index (χ1v) is 9.21. The molecule has 0 amide bonds. The van der Waals surface area contributed by atoms with Crippen molar-refractivity contribution in [1.82, 2.24) is 14.0 Å². The summed E-state index contributed by atoms with van der Waals surface area (Å²) in [5, 5.41) is 2.00. The van der Waals surface area contributed by atoms with Crippen LogP contribution in [-0.2, 0) is 16.8 Å². The zero-order valence-corrected chi connectivity index (χ0v) is 13.2. The molecule has 0 radical (unpaired) electrons. The van der Waals surface area contributed by atoms with Crippen LogP contribution in [0.1, 0.15) is 18.4 Å². The van der Waals surface area contributed by atoms with Crippen molar-refractivity contribution in [3.63, 3.8) is 0 Å². The SMILES string of the molecule is O=S(=O)(NCc1ccnc(-c2cccs2)c1)N1CCCC1. The summed E-state index contributed by atoms with van der Waals surface area (Å²) in [6.45, 7) is 1.53. The predicted octanol–water partition coefficient (Wildman–Crippen LogP) is 2.24. The molecule has 0 bridgehead atoms. The van der Waals surface area contributed by atoms with Crippen LogP contribution in [0.4, 0.5) is 0 Å². The van der Waals surface area contributed by atoms with E-state index in [1.807, 2.05) is 29.6 Å². The maximum absolute atomic E-state index is 12.1. The number of aromatic nitrogens is 1. The van der Waals surface area contributed by atoms with Crippen LogP contribution in [0.15, 0.2) is 35.8 Å². The van der Waals surface area contributed by atoms with Crippen LogP contribution in [0.2, 0.25) is 0 Å². The molecule has 1 N–H and O–H groups in total. The third-order valence-corrected chi connectivity index (χ3v) is 5.91. The van der Waals surface area contributed by atoms with E-state index in [2.05, 4.69) is 9.71 Å². The number of pyridine rings is 1. The Balaban J connectivity index is 1.69. The second-order valence-electron chi connectivity index (χ2n) is 4.96. The zero-order valence-electron chi connectivity index (χ0n) is 11.5. The lowest BCUT2D eigenvalue weighted by molar-refractivity contribution is 0.464. The molecule has 1 aliphatic rings. The van der Waals surface area contributed by atoms with E-state index in [1.54, 1.807) is 17.5 Å². The third-order valence-electron chi connectivity index (χ3n) is 3.46. The van der Waals surface area contributed by atoms with Gasteiger partial charge in [-0.2, -0.15) is 17.4 Å². The van der Waals surface area contributed by atoms with Gasteiger partial charge in [0.1, 0.15) is 0 Å². The van der Waals surface area contributed by atoms with Gasteiger partial charge in [0.15, 0.2) is 0 Å². The summed E-state index contributed by atoms with van der Waals surface area (Å²) in [5.41, 5.74) is 1.79. The molecule has 3 rings (SSSR count). The molecule has 0 spiro atoms. The minimum absolute atomic E-state index is 0.291. The van der Waals surface area contributed by atoms with Crippen molar-refractivity contribution in [3.8, 4) is 10.6 Å². The van der Waals surface area contributed by atoms with Gasteiger partial charge in [0, 0.05) is 25.8 Å². The molecule has 0 aromatic carbocycles. The Hall–Kier alpha value is -1.28. The molecule has 2 aromatic rings. The van der Waals surface area contributed by atoms with Gasteiger partial charge >= 0.3 is 0 Å². The van der Waals surface area contributed by atoms with E-state index < -0.39 is 10.2 Å². The third kappa shape index (κ3) is 3.49. The Labute approximate surface area is 128 Å². The molecule has 112 valence electrons. The van der Waals surface area contributed by atoms with Crippen LogP contribution < -0.4 is 4.72 Å². The van der Waals surface area contributed by atoms with Crippen LogP contribution in [-0.4, -0.2) is 30.8 Å². The van der Waals surface area contributed by atoms with Crippen LogP contribution in [0.25, 0.3) is 10.6 Å². The molecular formula is C14H17N3O2S2. The lowest BCUT2D eigenvalue weighted by Gasteiger charge is -2.16. The Bertz CT molecular complexity index is 693. The smallest absolute Gasteiger partial charge is 0.255 e. The molecular weight excluding hydrogens is 306 g/mol. The molecule has 3 heterocycles. The fraction of sp³-hybridized carbons (Fsp3) is 0.357. The highest BCUT2D eigenvalue weighted by Crippen LogP contribution is 2.23. The fourth-order valence-corrected chi connectivity index (χ4v) is 4.30. The van der Waals surface area contributed by atoms with Gasteiger partial charge in [0.2, 0.25) is 0 Å². The van der Waals surface area contributed by atoms with E-state index >= 15 is 0 Å². The van der Waals surface area contributed by atoms with E-state index in [0.29, 0.717) is 19.6 Å². The Morgan fingerprint density at radius 2 is 2.10 bits per heavy atom. The van der Waals surface area contributed by atoms with Crippen molar-refractivity contribution in [2.45, 2.75) is 19.4 Å². The van der Waals surface area contributed by atoms with Crippen LogP contribution in [0, 0.1) is 0 Å². The summed E-state index contributed by atoms with van der Waals surface area (Å²) in [7, 11) is -3.36. The average Bonchev–Trinajstić information content (AvgIpc) is 3.18. The molecule has 1 fully saturated rings. The van der Waals surface area contributed by atoms with Gasteiger partial charge in [-0.25, -0.2) is 0 Å². The van der Waals surface area contributed by atoms with Crippen LogP contribution in [0.5, 0.6) is 0 Å². The number of hydrogen-bond acceptors (Lipinski definition) is 4. The minimum atomic E-state index is -3.36. The van der Waals surface area contributed by atoms with Gasteiger partial charge in [0.05, 0.1) is 10.6 Å². The number of nitrogens with one attached hydrogen (secondary N) is 1. The first-order valence-electron chi connectivity index (χ1n) is 6.89. The molecule has 5 nitrogen and oxygen atoms in total. The van der Waals surface area contributed by atoms with Gasteiger partial charge < -0.3 is 0 Å². The summed E-state index contributed by atoms with van der Waals surface area (Å²) in [5.74, 6) is 0. The highest BCUT2D eigenvalue weighted by Gasteiger charge is 2.24. The molecule has 0 aliphatic carbocycles. The molecule has 1 saturated heterocycles. The molecule has 7 heteroatoms. The highest BCUT2D eigenvalue weighted by atomic mass is 32.2. The summed E-state index contributed by atoms with van der Waals surface area (Å²) >= 11 is 1.62. The summed E-state index contributed by atoms with van der Waals surface area (Å²) in [6, 6.07) is 7.75. The molecule has 2 aromatic heterocycles. The maximum Gasteiger partial charge on any atom is 0.279 e. The molecule has 0 saturated carbocycles. The first-order chi connectivity index (χ1) is 10.1. The van der Waals surface area contributed by atoms with E-state index in [9.17, 15) is 8.42 Å². The quantitative estimate of drug-likeness (QED) is 0.918. The van der Waals surface area contributed by atoms with Gasteiger partial charge in [-0.1, -0.05) is 6.07 Å². The van der Waals surface area contributed by atoms with Crippen molar-refractivity contribution >= 4 is 21.5 Å². The standard InChI is InChI=1S/C14H17N3O2S2/c18-21(19,17-7-1-2-8-17)16-11-12-5-6-15-13(10-12)14-4-3-9-20-14/h3-6,9-10,16H,1-2,7-8,11H2. The van der Waals surface area contributed by atoms with Crippen molar-refractivity contribution in [3.05, 3.63) is 41.4 Å². The first kappa shape index (κ1) is 14.6. The fourth-order valence-electron chi connectivity index (χ4n) is 2.34.